The van der Waals surface area contributed by atoms with Gasteiger partial charge in [-0.2, -0.15) is 0 Å². The van der Waals surface area contributed by atoms with Crippen molar-refractivity contribution in [3.8, 4) is 0 Å². The Morgan fingerprint density at radius 2 is 1.62 bits per heavy atom. The quantitative estimate of drug-likeness (QED) is 0.678. The number of amides is 3. The molecule has 0 aliphatic heterocycles. The molecule has 3 rings (SSSR count). The van der Waals surface area contributed by atoms with E-state index in [-0.39, 0.29) is 24.5 Å². The summed E-state index contributed by atoms with van der Waals surface area (Å²) >= 11 is 3.40. The van der Waals surface area contributed by atoms with E-state index in [1.807, 2.05) is 12.1 Å². The van der Waals surface area contributed by atoms with Crippen molar-refractivity contribution < 1.29 is 14.5 Å². The van der Waals surface area contributed by atoms with Crippen LogP contribution >= 0.6 is 22.7 Å². The maximum Gasteiger partial charge on any atom is 0.321 e. The van der Waals surface area contributed by atoms with Gasteiger partial charge in [0.1, 0.15) is 13.1 Å². The second kappa shape index (κ2) is 9.85. The van der Waals surface area contributed by atoms with Gasteiger partial charge in [0.25, 0.3) is 5.91 Å². The fraction of sp³-hybridized carbons (Fsp3) is 0.474. The van der Waals surface area contributed by atoms with E-state index in [9.17, 15) is 9.59 Å². The molecular weight excluding hydrogens is 366 g/mol. The van der Waals surface area contributed by atoms with E-state index in [1.165, 1.54) is 16.2 Å². The van der Waals surface area contributed by atoms with Crippen molar-refractivity contribution in [1.82, 2.24) is 10.6 Å². The molecule has 26 heavy (non-hydrogen) atoms. The minimum atomic E-state index is -0.353. The average molecular weight is 393 g/mol. The summed E-state index contributed by atoms with van der Waals surface area (Å²) in [5.41, 5.74) is 0. The topological polar surface area (TPSA) is 62.6 Å². The highest BCUT2D eigenvalue weighted by Crippen LogP contribution is 2.17. The van der Waals surface area contributed by atoms with Crippen LogP contribution in [0.1, 0.15) is 41.9 Å². The highest BCUT2D eigenvalue weighted by atomic mass is 32.1. The van der Waals surface area contributed by atoms with Crippen molar-refractivity contribution >= 4 is 34.6 Å². The molecule has 0 bridgehead atoms. The minimum absolute atomic E-state index is 0.206. The maximum atomic E-state index is 12.4. The number of carbonyl (C=O) groups is 2. The zero-order valence-electron chi connectivity index (χ0n) is 14.8. The van der Waals surface area contributed by atoms with Gasteiger partial charge < -0.3 is 10.2 Å². The molecule has 7 heteroatoms. The number of rotatable bonds is 7. The Kier molecular flexibility index (Phi) is 7.22. The van der Waals surface area contributed by atoms with Gasteiger partial charge in [-0.3, -0.25) is 10.1 Å². The van der Waals surface area contributed by atoms with Crippen LogP contribution in [0.3, 0.4) is 0 Å². The maximum absolute atomic E-state index is 12.4. The zero-order chi connectivity index (χ0) is 18.2. The molecule has 2 aromatic rings. The first-order valence-electron chi connectivity index (χ1n) is 9.18. The summed E-state index contributed by atoms with van der Waals surface area (Å²) in [6.45, 7) is 1.86. The van der Waals surface area contributed by atoms with E-state index in [1.54, 1.807) is 22.7 Å². The number of quaternary nitrogens is 1. The molecule has 5 nitrogen and oxygen atoms in total. The Bertz CT molecular complexity index is 643. The van der Waals surface area contributed by atoms with Crippen molar-refractivity contribution in [3.63, 3.8) is 0 Å². The van der Waals surface area contributed by atoms with Gasteiger partial charge in [0.2, 0.25) is 0 Å². The fourth-order valence-electron chi connectivity index (χ4n) is 3.37. The number of imide groups is 1. The molecule has 1 saturated carbocycles. The van der Waals surface area contributed by atoms with Crippen LogP contribution in [0.5, 0.6) is 0 Å². The third-order valence-electron chi connectivity index (χ3n) is 4.61. The van der Waals surface area contributed by atoms with Gasteiger partial charge in [-0.15, -0.1) is 22.7 Å². The smallest absolute Gasteiger partial charge is 0.321 e. The van der Waals surface area contributed by atoms with Crippen molar-refractivity contribution in [2.75, 3.05) is 6.54 Å². The first kappa shape index (κ1) is 19.1. The largest absolute Gasteiger partial charge is 0.335 e. The Morgan fingerprint density at radius 3 is 2.15 bits per heavy atom. The Hall–Kier alpha value is -1.70. The lowest BCUT2D eigenvalue weighted by molar-refractivity contribution is -0.919. The van der Waals surface area contributed by atoms with E-state index in [4.69, 9.17) is 0 Å². The molecule has 0 radical (unpaired) electrons. The van der Waals surface area contributed by atoms with E-state index in [0.29, 0.717) is 0 Å². The molecule has 3 N–H and O–H groups in total. The van der Waals surface area contributed by atoms with Crippen molar-refractivity contribution in [2.45, 2.75) is 51.2 Å². The van der Waals surface area contributed by atoms with Gasteiger partial charge in [0.05, 0.1) is 9.75 Å². The number of carbonyl (C=O) groups excluding carboxylic acids is 2. The summed E-state index contributed by atoms with van der Waals surface area (Å²) in [4.78, 5) is 28.1. The Morgan fingerprint density at radius 1 is 1.00 bits per heavy atom. The lowest BCUT2D eigenvalue weighted by Crippen LogP contribution is -3.10. The SMILES string of the molecule is O=C(C[NH+](Cc1cccs1)Cc1cccs1)NC(=O)NC1CCCCC1. The molecule has 0 atom stereocenters. The molecule has 0 unspecified atom stereocenters. The molecule has 0 aromatic carbocycles. The molecule has 0 spiro atoms. The molecule has 3 amide bonds. The van der Waals surface area contributed by atoms with Crippen molar-refractivity contribution in [2.24, 2.45) is 0 Å². The van der Waals surface area contributed by atoms with E-state index < -0.39 is 0 Å². The molecule has 0 saturated heterocycles. The first-order chi connectivity index (χ1) is 12.7. The van der Waals surface area contributed by atoms with Gasteiger partial charge in [0.15, 0.2) is 6.54 Å². The van der Waals surface area contributed by atoms with Crippen LogP contribution in [0.4, 0.5) is 4.79 Å². The van der Waals surface area contributed by atoms with Crippen LogP contribution < -0.4 is 15.5 Å². The van der Waals surface area contributed by atoms with Crippen LogP contribution in [0, 0.1) is 0 Å². The van der Waals surface area contributed by atoms with Gasteiger partial charge in [-0.05, 0) is 35.7 Å². The van der Waals surface area contributed by atoms with Gasteiger partial charge in [-0.1, -0.05) is 31.4 Å². The van der Waals surface area contributed by atoms with Crippen LogP contribution in [-0.4, -0.2) is 24.5 Å². The zero-order valence-corrected chi connectivity index (χ0v) is 16.5. The number of nitrogens with one attached hydrogen (secondary N) is 3. The lowest BCUT2D eigenvalue weighted by Gasteiger charge is -2.23. The van der Waals surface area contributed by atoms with Gasteiger partial charge in [-0.25, -0.2) is 4.79 Å². The van der Waals surface area contributed by atoms with E-state index in [0.717, 1.165) is 43.7 Å². The predicted molar refractivity (Wildman–Crippen MR) is 105 cm³/mol. The monoisotopic (exact) mass is 392 g/mol. The summed E-state index contributed by atoms with van der Waals surface area (Å²) in [6.07, 6.45) is 5.56. The second-order valence-electron chi connectivity index (χ2n) is 6.80. The summed E-state index contributed by atoms with van der Waals surface area (Å²) in [5, 5.41) is 9.55. The predicted octanol–water partition coefficient (Wildman–Crippen LogP) is 2.55. The molecule has 140 valence electrons. The molecule has 2 heterocycles. The average Bonchev–Trinajstić information content (AvgIpc) is 3.29. The van der Waals surface area contributed by atoms with E-state index >= 15 is 0 Å². The number of hydrogen-bond donors (Lipinski definition) is 3. The number of urea groups is 1. The van der Waals surface area contributed by atoms with E-state index in [2.05, 4.69) is 33.5 Å². The highest BCUT2D eigenvalue weighted by Gasteiger charge is 2.20. The molecular formula is C19H26N3O2S2+. The molecule has 1 aliphatic carbocycles. The number of thiophene rings is 2. The van der Waals surface area contributed by atoms with Crippen LogP contribution in [-0.2, 0) is 17.9 Å². The summed E-state index contributed by atoms with van der Waals surface area (Å²) in [7, 11) is 0. The summed E-state index contributed by atoms with van der Waals surface area (Å²) < 4.78 is 0. The molecule has 1 fully saturated rings. The standard InChI is InChI=1S/C19H25N3O2S2/c23-18(21-19(24)20-15-6-2-1-3-7-15)14-22(12-16-8-4-10-25-16)13-17-9-5-11-26-17/h4-5,8-11,15H,1-3,6-7,12-14H2,(H2,20,21,23,24)/p+1. The summed E-state index contributed by atoms with van der Waals surface area (Å²) in [6, 6.07) is 8.09. The lowest BCUT2D eigenvalue weighted by atomic mass is 9.96. The summed E-state index contributed by atoms with van der Waals surface area (Å²) in [5.74, 6) is -0.221. The first-order valence-corrected chi connectivity index (χ1v) is 10.9. The van der Waals surface area contributed by atoms with Crippen molar-refractivity contribution in [1.29, 1.82) is 0 Å². The van der Waals surface area contributed by atoms with Crippen LogP contribution in [0.15, 0.2) is 35.0 Å². The van der Waals surface area contributed by atoms with Gasteiger partial charge in [0, 0.05) is 6.04 Å². The normalized spacial score (nSPS) is 15.1. The third kappa shape index (κ3) is 6.23. The van der Waals surface area contributed by atoms with Crippen LogP contribution in [0.25, 0.3) is 0 Å². The Labute approximate surface area is 162 Å². The molecule has 2 aromatic heterocycles. The number of hydrogen-bond acceptors (Lipinski definition) is 4. The van der Waals surface area contributed by atoms with Crippen LogP contribution in [0.2, 0.25) is 0 Å². The highest BCUT2D eigenvalue weighted by molar-refractivity contribution is 7.10. The molecule has 1 aliphatic rings. The Balaban J connectivity index is 1.51. The minimum Gasteiger partial charge on any atom is -0.335 e. The third-order valence-corrected chi connectivity index (χ3v) is 6.37. The van der Waals surface area contributed by atoms with Gasteiger partial charge >= 0.3 is 6.03 Å². The second-order valence-corrected chi connectivity index (χ2v) is 8.86. The van der Waals surface area contributed by atoms with Crippen molar-refractivity contribution in [3.05, 3.63) is 44.8 Å². The fourth-order valence-corrected chi connectivity index (χ4v) is 4.93.